The van der Waals surface area contributed by atoms with Crippen LogP contribution < -0.4 is 0 Å². The minimum atomic E-state index is -1.04. The van der Waals surface area contributed by atoms with Gasteiger partial charge in [-0.1, -0.05) is 25.3 Å². The number of ether oxygens (including phenoxy) is 1. The average Bonchev–Trinajstić information content (AvgIpc) is 3.49. The van der Waals surface area contributed by atoms with Gasteiger partial charge in [0.1, 0.15) is 18.1 Å². The van der Waals surface area contributed by atoms with Crippen molar-refractivity contribution in [2.75, 3.05) is 20.3 Å². The Hall–Kier alpha value is -2.73. The summed E-state index contributed by atoms with van der Waals surface area (Å²) in [6.45, 7) is 2.56. The third kappa shape index (κ3) is 7.38. The largest absolute Gasteiger partial charge is 0.481 e. The summed E-state index contributed by atoms with van der Waals surface area (Å²) in [5, 5.41) is 29.0. The van der Waals surface area contributed by atoms with Gasteiger partial charge in [-0.2, -0.15) is 0 Å². The van der Waals surface area contributed by atoms with Crippen LogP contribution in [0.3, 0.4) is 0 Å². The minimum Gasteiger partial charge on any atom is -0.481 e. The maximum absolute atomic E-state index is 13.6. The number of rotatable bonds is 15. The van der Waals surface area contributed by atoms with E-state index in [0.29, 0.717) is 56.7 Å². The lowest BCUT2D eigenvalue weighted by Gasteiger charge is -2.43. The van der Waals surface area contributed by atoms with Gasteiger partial charge in [0.2, 0.25) is 11.8 Å². The number of carboxylic acid groups (broad SMARTS) is 1. The summed E-state index contributed by atoms with van der Waals surface area (Å²) in [4.78, 5) is 39.2. The lowest BCUT2D eigenvalue weighted by Crippen LogP contribution is -2.46. The maximum atomic E-state index is 13.6. The molecule has 3 N–H and O–H groups in total. The monoisotopic (exact) mass is 571 g/mol. The van der Waals surface area contributed by atoms with E-state index in [-0.39, 0.29) is 43.6 Å². The second kappa shape index (κ2) is 14.4. The highest BCUT2D eigenvalue weighted by molar-refractivity contribution is 6.43. The molecule has 0 bridgehead atoms. The van der Waals surface area contributed by atoms with Crippen LogP contribution in [0, 0.1) is 17.8 Å². The fraction of sp³-hybridized carbons (Fsp3) is 0.633. The summed E-state index contributed by atoms with van der Waals surface area (Å²) in [5.74, 6) is -1.38. The highest BCUT2D eigenvalue weighted by atomic mass is 16.5. The number of carbonyl (C=O) groups excluding carboxylic acids is 2. The molecule has 10 nitrogen and oxygen atoms in total. The molecule has 0 radical (unpaired) electrons. The standard InChI is InChI=1S/C30H42BNO9/c1-3-7-19(14-21-10-11-22(17-33)40-21)9-12-25-27-20(18-39-2)15-23-28(24(27)16-31(38)41-25)30(37)32(29(23)36)13-6-4-5-8-26(34)35/h10-11,14,23-25,28,33,38H,3-9,12-13,15-18H2,1-2H3,(H,34,35)/b19-14+/t23-,24+,25-,28-/m1/s1. The molecule has 1 aliphatic carbocycles. The Morgan fingerprint density at radius 3 is 2.63 bits per heavy atom. The summed E-state index contributed by atoms with van der Waals surface area (Å²) in [6, 6.07) is 3.58. The predicted molar refractivity (Wildman–Crippen MR) is 151 cm³/mol. The van der Waals surface area contributed by atoms with Crippen LogP contribution in [0.15, 0.2) is 33.3 Å². The molecule has 1 aromatic rings. The van der Waals surface area contributed by atoms with Crippen LogP contribution >= 0.6 is 0 Å². The van der Waals surface area contributed by atoms with Gasteiger partial charge in [-0.05, 0) is 80.1 Å². The molecule has 0 aromatic carbocycles. The first-order chi connectivity index (χ1) is 19.8. The Kier molecular flexibility index (Phi) is 11.0. The van der Waals surface area contributed by atoms with Crippen molar-refractivity contribution < 1.29 is 43.4 Å². The molecule has 3 aliphatic rings. The molecule has 4 atom stereocenters. The Balaban J connectivity index is 1.52. The first-order valence-electron chi connectivity index (χ1n) is 14.8. The van der Waals surface area contributed by atoms with Crippen molar-refractivity contribution in [1.29, 1.82) is 0 Å². The molecule has 2 fully saturated rings. The SMILES string of the molecule is CCC/C(=C\c1ccc(CO)o1)CC[C@H]1OB(O)C[C@H]2C1=C(COC)C[C@H]1C(=O)N(CCCCCC(=O)O)C(=O)[C@H]12. The number of carboxylic acids is 1. The lowest BCUT2D eigenvalue weighted by molar-refractivity contribution is -0.141. The first kappa shape index (κ1) is 31.2. The number of hydrogen-bond donors (Lipinski definition) is 3. The van der Waals surface area contributed by atoms with Gasteiger partial charge in [0.15, 0.2) is 0 Å². The highest BCUT2D eigenvalue weighted by Crippen LogP contribution is 2.50. The van der Waals surface area contributed by atoms with Gasteiger partial charge in [0.05, 0.1) is 24.5 Å². The fourth-order valence-corrected chi connectivity index (χ4v) is 6.74. The average molecular weight is 571 g/mol. The van der Waals surface area contributed by atoms with Gasteiger partial charge >= 0.3 is 13.1 Å². The summed E-state index contributed by atoms with van der Waals surface area (Å²) >= 11 is 0. The number of likely N-dealkylation sites (tertiary alicyclic amines) is 1. The molecular weight excluding hydrogens is 529 g/mol. The maximum Gasteiger partial charge on any atom is 0.455 e. The third-order valence-electron chi connectivity index (χ3n) is 8.47. The van der Waals surface area contributed by atoms with Gasteiger partial charge < -0.3 is 29.0 Å². The molecule has 2 saturated heterocycles. The molecule has 0 spiro atoms. The van der Waals surface area contributed by atoms with Gasteiger partial charge in [0.25, 0.3) is 0 Å². The van der Waals surface area contributed by atoms with E-state index < -0.39 is 31.0 Å². The number of carbonyl (C=O) groups is 3. The zero-order valence-corrected chi connectivity index (χ0v) is 24.0. The van der Waals surface area contributed by atoms with Crippen molar-refractivity contribution >= 4 is 31.0 Å². The topological polar surface area (TPSA) is 147 Å². The number of unbranched alkanes of at least 4 members (excludes halogenated alkanes) is 2. The number of aliphatic carboxylic acids is 1. The Morgan fingerprint density at radius 2 is 1.95 bits per heavy atom. The van der Waals surface area contributed by atoms with Crippen LogP contribution in [0.5, 0.6) is 0 Å². The van der Waals surface area contributed by atoms with E-state index in [1.807, 2.05) is 12.1 Å². The van der Waals surface area contributed by atoms with E-state index in [4.69, 9.17) is 18.9 Å². The Morgan fingerprint density at radius 1 is 1.15 bits per heavy atom. The number of aliphatic hydroxyl groups excluding tert-OH is 1. The van der Waals surface area contributed by atoms with E-state index in [1.54, 1.807) is 13.2 Å². The number of furan rings is 1. The minimum absolute atomic E-state index is 0.0719. The summed E-state index contributed by atoms with van der Waals surface area (Å²) in [5.41, 5.74) is 3.12. The van der Waals surface area contributed by atoms with Gasteiger partial charge in [0, 0.05) is 20.1 Å². The van der Waals surface area contributed by atoms with Crippen LogP contribution in [0.4, 0.5) is 0 Å². The number of methoxy groups -OCH3 is 1. The number of nitrogens with zero attached hydrogens (tertiary/aromatic N) is 1. The molecule has 3 heterocycles. The van der Waals surface area contributed by atoms with Gasteiger partial charge in [-0.3, -0.25) is 19.3 Å². The fourth-order valence-electron chi connectivity index (χ4n) is 6.74. The van der Waals surface area contributed by atoms with Crippen molar-refractivity contribution in [3.05, 3.63) is 40.4 Å². The van der Waals surface area contributed by atoms with Crippen LogP contribution in [0.25, 0.3) is 6.08 Å². The normalized spacial score (nSPS) is 24.7. The Labute approximate surface area is 241 Å². The predicted octanol–water partition coefficient (Wildman–Crippen LogP) is 3.82. The first-order valence-corrected chi connectivity index (χ1v) is 14.8. The molecule has 2 amide bonds. The number of allylic oxidation sites excluding steroid dienone is 1. The molecule has 11 heteroatoms. The van der Waals surface area contributed by atoms with Crippen LogP contribution in [-0.2, 0) is 30.4 Å². The number of hydrogen-bond acceptors (Lipinski definition) is 8. The smallest absolute Gasteiger partial charge is 0.455 e. The second-order valence-corrected chi connectivity index (χ2v) is 11.3. The molecule has 0 saturated carbocycles. The Bertz CT molecular complexity index is 1160. The van der Waals surface area contributed by atoms with Crippen LogP contribution in [0.1, 0.15) is 76.2 Å². The molecule has 224 valence electrons. The number of fused-ring (bicyclic) bond motifs is 3. The highest BCUT2D eigenvalue weighted by Gasteiger charge is 2.57. The van der Waals surface area contributed by atoms with E-state index in [9.17, 15) is 24.5 Å². The summed E-state index contributed by atoms with van der Waals surface area (Å²) in [6.07, 6.45) is 7.13. The lowest BCUT2D eigenvalue weighted by atomic mass is 9.58. The third-order valence-corrected chi connectivity index (χ3v) is 8.47. The summed E-state index contributed by atoms with van der Waals surface area (Å²) < 4.78 is 17.3. The van der Waals surface area contributed by atoms with E-state index in [2.05, 4.69) is 6.92 Å². The number of imide groups is 1. The van der Waals surface area contributed by atoms with Crippen LogP contribution in [-0.4, -0.2) is 71.4 Å². The van der Waals surface area contributed by atoms with Gasteiger partial charge in [-0.25, -0.2) is 0 Å². The van der Waals surface area contributed by atoms with Crippen molar-refractivity contribution in [3.63, 3.8) is 0 Å². The summed E-state index contributed by atoms with van der Waals surface area (Å²) in [7, 11) is 0.569. The van der Waals surface area contributed by atoms with Gasteiger partial charge in [-0.15, -0.1) is 0 Å². The second-order valence-electron chi connectivity index (χ2n) is 11.3. The van der Waals surface area contributed by atoms with E-state index in [0.717, 1.165) is 29.6 Å². The number of aliphatic hydroxyl groups is 1. The van der Waals surface area contributed by atoms with Crippen molar-refractivity contribution in [1.82, 2.24) is 4.90 Å². The molecule has 2 aliphatic heterocycles. The van der Waals surface area contributed by atoms with Crippen molar-refractivity contribution in [2.45, 2.75) is 83.7 Å². The quantitative estimate of drug-likeness (QED) is 0.124. The van der Waals surface area contributed by atoms with Crippen molar-refractivity contribution in [3.8, 4) is 0 Å². The molecule has 4 rings (SSSR count). The van der Waals surface area contributed by atoms with Crippen LogP contribution in [0.2, 0.25) is 6.32 Å². The molecule has 41 heavy (non-hydrogen) atoms. The van der Waals surface area contributed by atoms with E-state index in [1.165, 1.54) is 4.90 Å². The zero-order chi connectivity index (χ0) is 29.5. The molecule has 0 unspecified atom stereocenters. The van der Waals surface area contributed by atoms with E-state index >= 15 is 0 Å². The van der Waals surface area contributed by atoms with Crippen molar-refractivity contribution in [2.24, 2.45) is 17.8 Å². The molecular formula is C30H42BNO9. The molecule has 1 aromatic heterocycles. The number of amides is 2. The zero-order valence-electron chi connectivity index (χ0n) is 24.0.